The van der Waals surface area contributed by atoms with Crippen LogP contribution in [-0.2, 0) is 4.79 Å². The Morgan fingerprint density at radius 3 is 2.83 bits per heavy atom. The molecule has 0 spiro atoms. The Morgan fingerprint density at radius 1 is 1.26 bits per heavy atom. The number of carbonyl (C=O) groups excluding carboxylic acids is 1. The second kappa shape index (κ2) is 7.55. The van der Waals surface area contributed by atoms with Gasteiger partial charge in [0.25, 0.3) is 0 Å². The summed E-state index contributed by atoms with van der Waals surface area (Å²) in [7, 11) is 0. The standard InChI is InChI=1S/C19H25N3O/c1-2-3-10-22-11-8-15(9-12-22)18-6-4-16-13-17(20-14-23)5-7-19(16)21-18/h4-7,13-15H,2-3,8-12H2,1H3,(H,20,23). The van der Waals surface area contributed by atoms with Crippen molar-refractivity contribution in [2.45, 2.75) is 38.5 Å². The largest absolute Gasteiger partial charge is 0.329 e. The van der Waals surface area contributed by atoms with Gasteiger partial charge in [0, 0.05) is 22.7 Å². The Kier molecular flexibility index (Phi) is 5.23. The topological polar surface area (TPSA) is 45.2 Å². The van der Waals surface area contributed by atoms with Crippen LogP contribution in [0.25, 0.3) is 10.9 Å². The molecule has 1 N–H and O–H groups in total. The molecule has 1 saturated heterocycles. The Bertz CT molecular complexity index is 663. The molecule has 0 saturated carbocycles. The molecule has 0 radical (unpaired) electrons. The van der Waals surface area contributed by atoms with E-state index in [1.807, 2.05) is 18.2 Å². The first-order chi connectivity index (χ1) is 11.3. The minimum Gasteiger partial charge on any atom is -0.329 e. The highest BCUT2D eigenvalue weighted by molar-refractivity contribution is 5.85. The predicted molar refractivity (Wildman–Crippen MR) is 94.8 cm³/mol. The van der Waals surface area contributed by atoms with E-state index in [4.69, 9.17) is 4.98 Å². The van der Waals surface area contributed by atoms with E-state index in [1.165, 1.54) is 51.0 Å². The van der Waals surface area contributed by atoms with Gasteiger partial charge in [-0.15, -0.1) is 0 Å². The van der Waals surface area contributed by atoms with Crippen LogP contribution in [0.5, 0.6) is 0 Å². The van der Waals surface area contributed by atoms with Crippen LogP contribution < -0.4 is 5.32 Å². The zero-order valence-corrected chi connectivity index (χ0v) is 13.8. The maximum atomic E-state index is 10.5. The van der Waals surface area contributed by atoms with Crippen LogP contribution in [-0.4, -0.2) is 35.9 Å². The number of benzene rings is 1. The number of aromatic nitrogens is 1. The lowest BCUT2D eigenvalue weighted by atomic mass is 9.92. The van der Waals surface area contributed by atoms with Gasteiger partial charge in [0.2, 0.25) is 6.41 Å². The van der Waals surface area contributed by atoms with Crippen molar-refractivity contribution in [3.05, 3.63) is 36.0 Å². The van der Waals surface area contributed by atoms with Crippen molar-refractivity contribution in [2.75, 3.05) is 25.0 Å². The van der Waals surface area contributed by atoms with E-state index in [0.29, 0.717) is 12.3 Å². The molecule has 1 aliphatic heterocycles. The van der Waals surface area contributed by atoms with Crippen LogP contribution in [0.3, 0.4) is 0 Å². The average Bonchev–Trinajstić information content (AvgIpc) is 2.60. The number of pyridine rings is 1. The highest BCUT2D eigenvalue weighted by Gasteiger charge is 2.21. The number of fused-ring (bicyclic) bond motifs is 1. The van der Waals surface area contributed by atoms with Crippen molar-refractivity contribution in [3.8, 4) is 0 Å². The van der Waals surface area contributed by atoms with Crippen molar-refractivity contribution in [3.63, 3.8) is 0 Å². The fourth-order valence-corrected chi connectivity index (χ4v) is 3.36. The molecule has 4 heteroatoms. The molecule has 23 heavy (non-hydrogen) atoms. The summed E-state index contributed by atoms with van der Waals surface area (Å²) in [5, 5.41) is 3.76. The molecule has 1 fully saturated rings. The van der Waals surface area contributed by atoms with Crippen molar-refractivity contribution in [2.24, 2.45) is 0 Å². The molecular formula is C19H25N3O. The Morgan fingerprint density at radius 2 is 2.09 bits per heavy atom. The van der Waals surface area contributed by atoms with Crippen LogP contribution in [0.1, 0.15) is 44.2 Å². The van der Waals surface area contributed by atoms with Crippen molar-refractivity contribution < 1.29 is 4.79 Å². The Hall–Kier alpha value is -1.94. The summed E-state index contributed by atoms with van der Waals surface area (Å²) in [5.41, 5.74) is 3.03. The third kappa shape index (κ3) is 3.88. The monoisotopic (exact) mass is 311 g/mol. The number of hydrogen-bond donors (Lipinski definition) is 1. The highest BCUT2D eigenvalue weighted by Crippen LogP contribution is 2.28. The maximum absolute atomic E-state index is 10.5. The molecule has 2 heterocycles. The van der Waals surface area contributed by atoms with Crippen LogP contribution in [0, 0.1) is 0 Å². The molecule has 0 unspecified atom stereocenters. The first-order valence-electron chi connectivity index (χ1n) is 8.63. The zero-order chi connectivity index (χ0) is 16.1. The summed E-state index contributed by atoms with van der Waals surface area (Å²) in [5.74, 6) is 0.574. The predicted octanol–water partition coefficient (Wildman–Crippen LogP) is 3.78. The van der Waals surface area contributed by atoms with E-state index in [9.17, 15) is 4.79 Å². The number of likely N-dealkylation sites (tertiary alicyclic amines) is 1. The van der Waals surface area contributed by atoms with E-state index in [2.05, 4.69) is 29.3 Å². The van der Waals surface area contributed by atoms with Gasteiger partial charge < -0.3 is 10.2 Å². The minimum atomic E-state index is 0.574. The fourth-order valence-electron chi connectivity index (χ4n) is 3.36. The highest BCUT2D eigenvalue weighted by atomic mass is 16.1. The molecule has 3 rings (SSSR count). The molecule has 122 valence electrons. The number of amides is 1. The number of piperidine rings is 1. The van der Waals surface area contributed by atoms with E-state index >= 15 is 0 Å². The molecule has 0 atom stereocenters. The number of unbranched alkanes of at least 4 members (excludes halogenated alkanes) is 1. The van der Waals surface area contributed by atoms with Crippen LogP contribution >= 0.6 is 0 Å². The van der Waals surface area contributed by atoms with Gasteiger partial charge in [-0.05, 0) is 63.2 Å². The van der Waals surface area contributed by atoms with Crippen molar-refractivity contribution in [1.29, 1.82) is 0 Å². The van der Waals surface area contributed by atoms with Gasteiger partial charge in [-0.2, -0.15) is 0 Å². The van der Waals surface area contributed by atoms with Crippen LogP contribution in [0.15, 0.2) is 30.3 Å². The Balaban J connectivity index is 1.69. The molecule has 4 nitrogen and oxygen atoms in total. The second-order valence-electron chi connectivity index (χ2n) is 6.38. The summed E-state index contributed by atoms with van der Waals surface area (Å²) >= 11 is 0. The number of rotatable bonds is 6. The Labute approximate surface area is 137 Å². The SMILES string of the molecule is CCCCN1CCC(c2ccc3cc(NC=O)ccc3n2)CC1. The lowest BCUT2D eigenvalue weighted by molar-refractivity contribution is -0.105. The molecule has 2 aromatic rings. The van der Waals surface area contributed by atoms with Gasteiger partial charge in [0.15, 0.2) is 0 Å². The van der Waals surface area contributed by atoms with Gasteiger partial charge in [0.05, 0.1) is 5.52 Å². The molecule has 0 aliphatic carbocycles. The maximum Gasteiger partial charge on any atom is 0.211 e. The van der Waals surface area contributed by atoms with Crippen LogP contribution in [0.4, 0.5) is 5.69 Å². The third-order valence-corrected chi connectivity index (χ3v) is 4.77. The average molecular weight is 311 g/mol. The van der Waals surface area contributed by atoms with Crippen molar-refractivity contribution >= 4 is 23.0 Å². The summed E-state index contributed by atoms with van der Waals surface area (Å²) in [6, 6.07) is 10.1. The molecule has 1 aliphatic rings. The van der Waals surface area contributed by atoms with Gasteiger partial charge in [-0.3, -0.25) is 9.78 Å². The molecule has 0 bridgehead atoms. The summed E-state index contributed by atoms with van der Waals surface area (Å²) in [4.78, 5) is 18.0. The van der Waals surface area contributed by atoms with E-state index in [-0.39, 0.29) is 0 Å². The third-order valence-electron chi connectivity index (χ3n) is 4.77. The normalized spacial score (nSPS) is 16.6. The number of carbonyl (C=O) groups is 1. The number of anilines is 1. The van der Waals surface area contributed by atoms with E-state index < -0.39 is 0 Å². The zero-order valence-electron chi connectivity index (χ0n) is 13.8. The molecular weight excluding hydrogens is 286 g/mol. The summed E-state index contributed by atoms with van der Waals surface area (Å²) in [6.45, 7) is 5.86. The van der Waals surface area contributed by atoms with E-state index in [0.717, 1.165) is 16.6 Å². The van der Waals surface area contributed by atoms with Gasteiger partial charge in [-0.25, -0.2) is 0 Å². The smallest absolute Gasteiger partial charge is 0.211 e. The van der Waals surface area contributed by atoms with Crippen LogP contribution in [0.2, 0.25) is 0 Å². The molecule has 1 aromatic carbocycles. The second-order valence-corrected chi connectivity index (χ2v) is 6.38. The van der Waals surface area contributed by atoms with Gasteiger partial charge in [-0.1, -0.05) is 19.4 Å². The quantitative estimate of drug-likeness (QED) is 0.826. The lowest BCUT2D eigenvalue weighted by Gasteiger charge is -2.31. The first-order valence-corrected chi connectivity index (χ1v) is 8.63. The summed E-state index contributed by atoms with van der Waals surface area (Å²) < 4.78 is 0. The minimum absolute atomic E-state index is 0.574. The van der Waals surface area contributed by atoms with Crippen molar-refractivity contribution in [1.82, 2.24) is 9.88 Å². The lowest BCUT2D eigenvalue weighted by Crippen LogP contribution is -2.33. The number of hydrogen-bond acceptors (Lipinski definition) is 3. The molecule has 1 amide bonds. The van der Waals surface area contributed by atoms with Gasteiger partial charge >= 0.3 is 0 Å². The first kappa shape index (κ1) is 15.9. The fraction of sp³-hybridized carbons (Fsp3) is 0.474. The molecule has 1 aromatic heterocycles. The van der Waals surface area contributed by atoms with Gasteiger partial charge in [0.1, 0.15) is 0 Å². The number of nitrogens with one attached hydrogen (secondary N) is 1. The summed E-state index contributed by atoms with van der Waals surface area (Å²) in [6.07, 6.45) is 5.68. The van der Waals surface area contributed by atoms with E-state index in [1.54, 1.807) is 0 Å². The number of nitrogens with zero attached hydrogens (tertiary/aromatic N) is 2.